The van der Waals surface area contributed by atoms with Gasteiger partial charge in [0.2, 0.25) is 16.9 Å². The highest BCUT2D eigenvalue weighted by Crippen LogP contribution is 2.28. The van der Waals surface area contributed by atoms with Gasteiger partial charge in [-0.05, 0) is 13.3 Å². The first kappa shape index (κ1) is 20.6. The van der Waals surface area contributed by atoms with Gasteiger partial charge < -0.3 is 19.6 Å². The van der Waals surface area contributed by atoms with Gasteiger partial charge in [0, 0.05) is 38.7 Å². The second-order valence-corrected chi connectivity index (χ2v) is 8.66. The number of hydrogen-bond donors (Lipinski definition) is 1. The minimum Gasteiger partial charge on any atom is -0.360 e. The molecule has 0 bridgehead atoms. The molecule has 2 aromatic heterocycles. The average molecular weight is 425 g/mol. The maximum Gasteiger partial charge on any atom is 0.236 e. The van der Waals surface area contributed by atoms with Gasteiger partial charge in [-0.1, -0.05) is 41.6 Å². The Morgan fingerprint density at radius 3 is 2.75 bits per heavy atom. The first-order chi connectivity index (χ1) is 13.5. The molecule has 11 heteroatoms. The molecule has 9 nitrogen and oxygen atoms in total. The highest BCUT2D eigenvalue weighted by atomic mass is 32.2. The van der Waals surface area contributed by atoms with Gasteiger partial charge in [-0.3, -0.25) is 9.59 Å². The number of carbonyl (C=O) groups excluding carboxylic acids is 2. The van der Waals surface area contributed by atoms with Gasteiger partial charge in [-0.2, -0.15) is 0 Å². The smallest absolute Gasteiger partial charge is 0.236 e. The van der Waals surface area contributed by atoms with Crippen molar-refractivity contribution in [1.82, 2.24) is 20.3 Å². The zero-order valence-corrected chi connectivity index (χ0v) is 17.6. The van der Waals surface area contributed by atoms with Crippen LogP contribution in [0.2, 0.25) is 0 Å². The van der Waals surface area contributed by atoms with Crippen LogP contribution in [0.5, 0.6) is 0 Å². The molecule has 3 heterocycles. The van der Waals surface area contributed by atoms with Gasteiger partial charge in [-0.15, -0.1) is 10.2 Å². The van der Waals surface area contributed by atoms with Gasteiger partial charge in [0.1, 0.15) is 5.76 Å². The fraction of sp³-hybridized carbons (Fsp3) is 0.588. The number of nitrogens with zero attached hydrogens (tertiary/aromatic N) is 5. The molecule has 2 amide bonds. The van der Waals surface area contributed by atoms with E-state index < -0.39 is 0 Å². The van der Waals surface area contributed by atoms with Crippen LogP contribution in [0.25, 0.3) is 0 Å². The molecule has 2 aromatic rings. The van der Waals surface area contributed by atoms with E-state index in [-0.39, 0.29) is 17.6 Å². The molecule has 0 radical (unpaired) electrons. The van der Waals surface area contributed by atoms with Crippen molar-refractivity contribution < 1.29 is 14.1 Å². The Bertz CT molecular complexity index is 800. The van der Waals surface area contributed by atoms with Crippen LogP contribution in [0.4, 0.5) is 10.9 Å². The summed E-state index contributed by atoms with van der Waals surface area (Å²) in [5, 5.41) is 15.6. The zero-order chi connectivity index (χ0) is 19.9. The molecule has 1 aliphatic rings. The molecular formula is C17H24N6O3S2. The van der Waals surface area contributed by atoms with Crippen molar-refractivity contribution >= 4 is 45.9 Å². The Balaban J connectivity index is 1.43. The lowest BCUT2D eigenvalue weighted by atomic mass is 10.2. The molecule has 1 aliphatic heterocycles. The van der Waals surface area contributed by atoms with E-state index in [2.05, 4.69) is 32.5 Å². The lowest BCUT2D eigenvalue weighted by molar-refractivity contribution is -0.131. The third kappa shape index (κ3) is 5.68. The summed E-state index contributed by atoms with van der Waals surface area (Å²) in [4.78, 5) is 28.2. The highest BCUT2D eigenvalue weighted by molar-refractivity contribution is 8.01. The molecule has 0 unspecified atom stereocenters. The van der Waals surface area contributed by atoms with E-state index in [1.807, 2.05) is 4.90 Å². The topological polar surface area (TPSA) is 104 Å². The number of aromatic nitrogens is 3. The van der Waals surface area contributed by atoms with Crippen molar-refractivity contribution in [2.45, 2.75) is 37.4 Å². The minimum atomic E-state index is -0.172. The van der Waals surface area contributed by atoms with Crippen LogP contribution in [0.15, 0.2) is 14.9 Å². The molecule has 28 heavy (non-hydrogen) atoms. The van der Waals surface area contributed by atoms with Crippen molar-refractivity contribution in [1.29, 1.82) is 0 Å². The fourth-order valence-electron chi connectivity index (χ4n) is 2.75. The van der Waals surface area contributed by atoms with E-state index >= 15 is 0 Å². The standard InChI is InChI=1S/C17H24N6O3S2/c1-3-4-5-15(25)22-6-8-23(9-7-22)16-19-20-17(28-16)27-11-14(24)18-13-10-12(2)26-21-13/h10H,3-9,11H2,1-2H3,(H,18,21,24). The average Bonchev–Trinajstić information content (AvgIpc) is 3.33. The summed E-state index contributed by atoms with van der Waals surface area (Å²) >= 11 is 2.80. The largest absolute Gasteiger partial charge is 0.360 e. The van der Waals surface area contributed by atoms with Gasteiger partial charge in [0.25, 0.3) is 0 Å². The van der Waals surface area contributed by atoms with Crippen LogP contribution < -0.4 is 10.2 Å². The molecule has 0 aliphatic carbocycles. The highest BCUT2D eigenvalue weighted by Gasteiger charge is 2.23. The van der Waals surface area contributed by atoms with E-state index in [9.17, 15) is 9.59 Å². The van der Waals surface area contributed by atoms with Gasteiger partial charge in [0.15, 0.2) is 10.2 Å². The van der Waals surface area contributed by atoms with Crippen molar-refractivity contribution in [2.24, 2.45) is 0 Å². The molecule has 0 saturated carbocycles. The van der Waals surface area contributed by atoms with E-state index in [1.165, 1.54) is 23.1 Å². The number of nitrogens with one attached hydrogen (secondary N) is 1. The van der Waals surface area contributed by atoms with Crippen molar-refractivity contribution in [3.8, 4) is 0 Å². The quantitative estimate of drug-likeness (QED) is 0.644. The normalized spacial score (nSPS) is 14.4. The predicted molar refractivity (Wildman–Crippen MR) is 109 cm³/mol. The van der Waals surface area contributed by atoms with Gasteiger partial charge in [0.05, 0.1) is 5.75 Å². The summed E-state index contributed by atoms with van der Waals surface area (Å²) in [5.74, 6) is 1.34. The molecule has 152 valence electrons. The number of rotatable bonds is 8. The second-order valence-electron chi connectivity index (χ2n) is 6.48. The number of hydrogen-bond acceptors (Lipinski definition) is 9. The summed E-state index contributed by atoms with van der Waals surface area (Å²) in [7, 11) is 0. The van der Waals surface area contributed by atoms with Crippen LogP contribution in [0.3, 0.4) is 0 Å². The minimum absolute atomic E-state index is 0.172. The SMILES string of the molecule is CCCCC(=O)N1CCN(c2nnc(SCC(=O)Nc3cc(C)on3)s2)CC1. The van der Waals surface area contributed by atoms with Crippen LogP contribution in [-0.2, 0) is 9.59 Å². The van der Waals surface area contributed by atoms with E-state index in [0.29, 0.717) is 31.1 Å². The number of carbonyl (C=O) groups is 2. The molecule has 1 fully saturated rings. The zero-order valence-electron chi connectivity index (χ0n) is 16.0. The monoisotopic (exact) mass is 424 g/mol. The predicted octanol–water partition coefficient (Wildman–Crippen LogP) is 2.40. The van der Waals surface area contributed by atoms with Gasteiger partial charge in [-0.25, -0.2) is 0 Å². The molecule has 0 spiro atoms. The van der Waals surface area contributed by atoms with Crippen molar-refractivity contribution in [3.05, 3.63) is 11.8 Å². The second kappa shape index (κ2) is 9.87. The third-order valence-corrected chi connectivity index (χ3v) is 6.38. The number of anilines is 2. The summed E-state index contributed by atoms with van der Waals surface area (Å²) in [5.41, 5.74) is 0. The number of amides is 2. The molecule has 0 atom stereocenters. The molecule has 0 aromatic carbocycles. The maximum absolute atomic E-state index is 12.1. The van der Waals surface area contributed by atoms with Gasteiger partial charge >= 0.3 is 0 Å². The summed E-state index contributed by atoms with van der Waals surface area (Å²) in [6.45, 7) is 6.79. The first-order valence-corrected chi connectivity index (χ1v) is 11.1. The van der Waals surface area contributed by atoms with Crippen LogP contribution in [0.1, 0.15) is 31.9 Å². The van der Waals surface area contributed by atoms with Crippen molar-refractivity contribution in [3.63, 3.8) is 0 Å². The lowest BCUT2D eigenvalue weighted by Gasteiger charge is -2.34. The third-order valence-electron chi connectivity index (χ3n) is 4.27. The van der Waals surface area contributed by atoms with Crippen LogP contribution >= 0.6 is 23.1 Å². The van der Waals surface area contributed by atoms with E-state index in [0.717, 1.165) is 35.4 Å². The van der Waals surface area contributed by atoms with E-state index in [1.54, 1.807) is 13.0 Å². The maximum atomic E-state index is 12.1. The summed E-state index contributed by atoms with van der Waals surface area (Å²) in [6.07, 6.45) is 2.61. The molecule has 3 rings (SSSR count). The lowest BCUT2D eigenvalue weighted by Crippen LogP contribution is -2.48. The molecule has 1 saturated heterocycles. The Labute approximate surface area is 171 Å². The van der Waals surface area contributed by atoms with E-state index in [4.69, 9.17) is 4.52 Å². The Hall–Kier alpha value is -2.14. The van der Waals surface area contributed by atoms with Crippen molar-refractivity contribution in [2.75, 3.05) is 42.1 Å². The molecular weight excluding hydrogens is 400 g/mol. The summed E-state index contributed by atoms with van der Waals surface area (Å²) < 4.78 is 5.66. The number of piperazine rings is 1. The first-order valence-electron chi connectivity index (χ1n) is 9.27. The number of unbranched alkanes of at least 4 members (excludes halogenated alkanes) is 1. The Morgan fingerprint density at radius 2 is 2.07 bits per heavy atom. The van der Waals surface area contributed by atoms with Crippen LogP contribution in [-0.4, -0.2) is 64.0 Å². The summed E-state index contributed by atoms with van der Waals surface area (Å²) in [6, 6.07) is 1.66. The van der Waals surface area contributed by atoms with Crippen LogP contribution in [0, 0.1) is 6.92 Å². The Kier molecular flexibility index (Phi) is 7.26. The molecule has 1 N–H and O–H groups in total. The Morgan fingerprint density at radius 1 is 1.29 bits per heavy atom. The number of aryl methyl sites for hydroxylation is 1. The fourth-order valence-corrected chi connectivity index (χ4v) is 4.45. The number of thioether (sulfide) groups is 1.